The summed E-state index contributed by atoms with van der Waals surface area (Å²) in [6, 6.07) is 2.84. The molecular formula is C21H20F2N5O9P. The maximum absolute atomic E-state index is 13.7. The van der Waals surface area contributed by atoms with Gasteiger partial charge in [0.05, 0.1) is 25.6 Å². The van der Waals surface area contributed by atoms with E-state index in [0.29, 0.717) is 6.07 Å². The second-order valence-corrected chi connectivity index (χ2v) is 10.7. The molecule has 2 aromatic heterocycles. The average molecular weight is 555 g/mol. The zero-order valence-electron chi connectivity index (χ0n) is 19.5. The highest BCUT2D eigenvalue weighted by molar-refractivity contribution is 7.48. The minimum absolute atomic E-state index is 0.0267. The largest absolute Gasteiger partial charge is 0.509 e. The van der Waals surface area contributed by atoms with Gasteiger partial charge in [0.2, 0.25) is 5.95 Å². The van der Waals surface area contributed by atoms with Gasteiger partial charge in [0.1, 0.15) is 17.7 Å². The van der Waals surface area contributed by atoms with Crippen LogP contribution in [0.3, 0.4) is 0 Å². The number of imidazole rings is 1. The van der Waals surface area contributed by atoms with Crippen LogP contribution in [0.4, 0.5) is 19.5 Å². The lowest BCUT2D eigenvalue weighted by Gasteiger charge is -2.30. The molecule has 0 saturated carbocycles. The molecule has 3 aliphatic rings. The lowest BCUT2D eigenvalue weighted by atomic mass is 9.96. The zero-order chi connectivity index (χ0) is 26.8. The predicted molar refractivity (Wildman–Crippen MR) is 121 cm³/mol. The lowest BCUT2D eigenvalue weighted by Crippen LogP contribution is -2.42. The molecule has 0 radical (unpaired) electrons. The number of ether oxygens (including phenoxy) is 3. The number of nitrogens with zero attached hydrogens (tertiary/aromatic N) is 3. The van der Waals surface area contributed by atoms with Crippen LogP contribution in [0, 0.1) is 11.6 Å². The number of nitrogens with one attached hydrogen (secondary N) is 1. The van der Waals surface area contributed by atoms with Gasteiger partial charge in [-0.05, 0) is 24.6 Å². The number of hydrogen-bond donors (Lipinski definition) is 2. The first kappa shape index (κ1) is 24.9. The Hall–Kier alpha value is -3.43. The molecule has 17 heteroatoms. The Labute approximate surface area is 211 Å². The smallest absolute Gasteiger partial charge is 0.424 e. The number of phosphoric acid groups is 1. The third-order valence-corrected chi connectivity index (χ3v) is 7.94. The number of carbonyl (C=O) groups is 1. The van der Waals surface area contributed by atoms with E-state index in [4.69, 9.17) is 33.5 Å². The van der Waals surface area contributed by atoms with E-state index in [9.17, 15) is 22.9 Å². The maximum Gasteiger partial charge on any atom is 0.509 e. The molecule has 202 valence electrons. The number of nitrogen functional groups attached to an aromatic ring is 1. The summed E-state index contributed by atoms with van der Waals surface area (Å²) in [6.45, 7) is 1.02. The highest BCUT2D eigenvalue weighted by atomic mass is 31.2. The molecule has 3 saturated heterocycles. The number of nitrogens with two attached hydrogens (primary N) is 1. The van der Waals surface area contributed by atoms with Crippen molar-refractivity contribution in [3.8, 4) is 0 Å². The van der Waals surface area contributed by atoms with Crippen LogP contribution in [-0.2, 0) is 32.3 Å². The number of H-pyrrole nitrogens is 1. The number of fused-ring (bicyclic) bond motifs is 2. The van der Waals surface area contributed by atoms with E-state index in [1.165, 1.54) is 10.9 Å². The van der Waals surface area contributed by atoms with Crippen molar-refractivity contribution in [3.63, 3.8) is 0 Å². The first-order chi connectivity index (χ1) is 18.0. The van der Waals surface area contributed by atoms with Gasteiger partial charge in [-0.15, -0.1) is 0 Å². The molecule has 0 amide bonds. The van der Waals surface area contributed by atoms with Gasteiger partial charge >= 0.3 is 14.0 Å². The van der Waals surface area contributed by atoms with Crippen molar-refractivity contribution in [1.29, 1.82) is 0 Å². The summed E-state index contributed by atoms with van der Waals surface area (Å²) in [4.78, 5) is 34.8. The summed E-state index contributed by atoms with van der Waals surface area (Å²) < 4.78 is 74.9. The number of phosphoric ester groups is 1. The molecule has 3 fully saturated rings. The quantitative estimate of drug-likeness (QED) is 0.348. The summed E-state index contributed by atoms with van der Waals surface area (Å²) in [6.07, 6.45) is -3.67. The molecule has 1 aromatic carbocycles. The number of hydrogen-bond acceptors (Lipinski definition) is 12. The van der Waals surface area contributed by atoms with Crippen LogP contribution in [0.2, 0.25) is 0 Å². The van der Waals surface area contributed by atoms with Crippen LogP contribution in [0.15, 0.2) is 29.3 Å². The van der Waals surface area contributed by atoms with Crippen molar-refractivity contribution in [2.45, 2.75) is 43.5 Å². The number of aromatic amines is 1. The molecule has 3 aromatic rings. The summed E-state index contributed by atoms with van der Waals surface area (Å²) in [5, 5.41) is 0. The van der Waals surface area contributed by atoms with Gasteiger partial charge in [0, 0.05) is 12.5 Å². The monoisotopic (exact) mass is 555 g/mol. The Kier molecular flexibility index (Phi) is 5.77. The predicted octanol–water partition coefficient (Wildman–Crippen LogP) is 2.47. The Bertz CT molecular complexity index is 1530. The van der Waals surface area contributed by atoms with Crippen LogP contribution in [0.25, 0.3) is 11.2 Å². The summed E-state index contributed by atoms with van der Waals surface area (Å²) in [5.41, 5.74) is 3.84. The van der Waals surface area contributed by atoms with Gasteiger partial charge in [0.25, 0.3) is 5.56 Å². The third kappa shape index (κ3) is 4.14. The van der Waals surface area contributed by atoms with Crippen molar-refractivity contribution in [3.05, 3.63) is 52.1 Å². The van der Waals surface area contributed by atoms with Crippen molar-refractivity contribution < 1.29 is 45.9 Å². The molecule has 0 aliphatic carbocycles. The van der Waals surface area contributed by atoms with Crippen molar-refractivity contribution in [1.82, 2.24) is 19.5 Å². The van der Waals surface area contributed by atoms with E-state index in [1.54, 1.807) is 6.92 Å². The molecule has 14 nitrogen and oxygen atoms in total. The van der Waals surface area contributed by atoms with Crippen LogP contribution in [-0.4, -0.2) is 56.7 Å². The second-order valence-electron chi connectivity index (χ2n) is 9.04. The Morgan fingerprint density at radius 1 is 1.29 bits per heavy atom. The second kappa shape index (κ2) is 8.81. The molecule has 3 aliphatic heterocycles. The minimum atomic E-state index is -4.22. The molecular weight excluding hydrogens is 535 g/mol. The topological polar surface area (TPSA) is 179 Å². The molecule has 38 heavy (non-hydrogen) atoms. The molecule has 5 heterocycles. The SMILES string of the molecule is CC12OC(=O)OC1C(COP1(=O)OCCC(c3cc(F)cc(F)c3)O1)OC2n1cnc2c(=O)[nH]c(N)nc21. The van der Waals surface area contributed by atoms with E-state index in [0.717, 1.165) is 12.1 Å². The van der Waals surface area contributed by atoms with E-state index in [1.807, 2.05) is 0 Å². The highest BCUT2D eigenvalue weighted by Crippen LogP contribution is 2.58. The van der Waals surface area contributed by atoms with Crippen molar-refractivity contribution in [2.75, 3.05) is 18.9 Å². The maximum atomic E-state index is 13.7. The summed E-state index contributed by atoms with van der Waals surface area (Å²) in [5.74, 6) is -1.80. The van der Waals surface area contributed by atoms with Gasteiger partial charge < -0.3 is 19.9 Å². The van der Waals surface area contributed by atoms with Gasteiger partial charge in [0.15, 0.2) is 29.1 Å². The average Bonchev–Trinajstić information content (AvgIpc) is 3.46. The van der Waals surface area contributed by atoms with Gasteiger partial charge in [-0.1, -0.05) is 0 Å². The number of halogens is 2. The van der Waals surface area contributed by atoms with Gasteiger partial charge in [-0.2, -0.15) is 4.98 Å². The normalized spacial score (nSPS) is 32.8. The van der Waals surface area contributed by atoms with Crippen LogP contribution >= 0.6 is 7.82 Å². The van der Waals surface area contributed by atoms with Gasteiger partial charge in [-0.3, -0.25) is 27.9 Å². The standard InChI is InChI=1S/C21H20F2N5O9P/c1-21-15(35-20(30)36-21)13(34-18(21)28-8-25-14-16(28)26-19(24)27-17(14)29)7-33-38(31)32-3-2-12(37-38)9-4-10(22)6-11(23)5-9/h4-6,8,12-13,15,18H,2-3,7H2,1H3,(H3,24,26,27,29). The Morgan fingerprint density at radius 2 is 2.05 bits per heavy atom. The summed E-state index contributed by atoms with van der Waals surface area (Å²) >= 11 is 0. The molecule has 0 spiro atoms. The first-order valence-electron chi connectivity index (χ1n) is 11.4. The molecule has 3 N–H and O–H groups in total. The Balaban J connectivity index is 1.24. The fraction of sp³-hybridized carbons (Fsp3) is 0.429. The number of carbonyl (C=O) groups excluding carboxylic acids is 1. The third-order valence-electron chi connectivity index (χ3n) is 6.47. The highest BCUT2D eigenvalue weighted by Gasteiger charge is 2.64. The molecule has 0 bridgehead atoms. The summed E-state index contributed by atoms with van der Waals surface area (Å²) in [7, 11) is -4.22. The molecule has 6 rings (SSSR count). The van der Waals surface area contributed by atoms with Crippen LogP contribution < -0.4 is 11.3 Å². The van der Waals surface area contributed by atoms with Gasteiger partial charge in [-0.25, -0.2) is 23.1 Å². The van der Waals surface area contributed by atoms with E-state index in [-0.39, 0.29) is 35.7 Å². The molecule has 6 unspecified atom stereocenters. The fourth-order valence-electron chi connectivity index (χ4n) is 4.80. The van der Waals surface area contributed by atoms with E-state index < -0.39 is 67.9 Å². The van der Waals surface area contributed by atoms with Crippen LogP contribution in [0.5, 0.6) is 0 Å². The van der Waals surface area contributed by atoms with E-state index in [2.05, 4.69) is 15.0 Å². The fourth-order valence-corrected chi connectivity index (χ4v) is 6.20. The minimum Gasteiger partial charge on any atom is -0.424 e. The molecule has 6 atom stereocenters. The number of aromatic nitrogens is 4. The first-order valence-corrected chi connectivity index (χ1v) is 12.8. The van der Waals surface area contributed by atoms with Crippen molar-refractivity contribution in [2.24, 2.45) is 0 Å². The van der Waals surface area contributed by atoms with Crippen molar-refractivity contribution >= 4 is 31.1 Å². The van der Waals surface area contributed by atoms with E-state index >= 15 is 0 Å². The zero-order valence-corrected chi connectivity index (χ0v) is 20.4. The number of rotatable bonds is 5. The van der Waals surface area contributed by atoms with Crippen LogP contribution in [0.1, 0.15) is 31.2 Å². The Morgan fingerprint density at radius 3 is 2.82 bits per heavy atom. The number of benzene rings is 1. The number of anilines is 1. The lowest BCUT2D eigenvalue weighted by molar-refractivity contribution is -0.0925.